The highest BCUT2D eigenvalue weighted by atomic mass is 16.2. The predicted molar refractivity (Wildman–Crippen MR) is 112 cm³/mol. The molecule has 7 heteroatoms. The van der Waals surface area contributed by atoms with Crippen LogP contribution in [-0.2, 0) is 22.4 Å². The molecule has 2 amide bonds. The predicted octanol–water partition coefficient (Wildman–Crippen LogP) is 1.90. The lowest BCUT2D eigenvalue weighted by molar-refractivity contribution is -0.138. The zero-order valence-corrected chi connectivity index (χ0v) is 17.4. The molecule has 2 saturated heterocycles. The van der Waals surface area contributed by atoms with Crippen molar-refractivity contribution in [1.82, 2.24) is 14.9 Å². The number of nitrogens with one attached hydrogen (secondary N) is 1. The van der Waals surface area contributed by atoms with E-state index in [-0.39, 0.29) is 41.8 Å². The second kappa shape index (κ2) is 7.07. The SMILES string of the molecule is Cc1nc2c(c(=O)[nH]1)C[C@@H]1CC[C@H](C2)N1C(=O)[C@@H]1CC(=O)N(c2ccccc2C)C1. The van der Waals surface area contributed by atoms with Gasteiger partial charge in [-0.3, -0.25) is 14.4 Å². The highest BCUT2D eigenvalue weighted by molar-refractivity contribution is 6.01. The van der Waals surface area contributed by atoms with Crippen LogP contribution in [-0.4, -0.2) is 45.3 Å². The van der Waals surface area contributed by atoms with E-state index < -0.39 is 0 Å². The summed E-state index contributed by atoms with van der Waals surface area (Å²) in [5.41, 5.74) is 3.37. The van der Waals surface area contributed by atoms with Crippen molar-refractivity contribution < 1.29 is 9.59 Å². The molecule has 4 heterocycles. The molecule has 0 saturated carbocycles. The van der Waals surface area contributed by atoms with Gasteiger partial charge < -0.3 is 14.8 Å². The number of rotatable bonds is 2. The molecule has 3 aliphatic heterocycles. The van der Waals surface area contributed by atoms with Crippen LogP contribution in [0.15, 0.2) is 29.1 Å². The van der Waals surface area contributed by atoms with Gasteiger partial charge in [-0.15, -0.1) is 0 Å². The van der Waals surface area contributed by atoms with Crippen molar-refractivity contribution in [1.29, 1.82) is 0 Å². The average molecular weight is 406 g/mol. The number of aromatic amines is 1. The van der Waals surface area contributed by atoms with Crippen LogP contribution in [0.25, 0.3) is 0 Å². The first-order chi connectivity index (χ1) is 14.4. The highest BCUT2D eigenvalue weighted by Crippen LogP contribution is 2.36. The molecule has 2 bridgehead atoms. The third-order valence-electron chi connectivity index (χ3n) is 6.84. The van der Waals surface area contributed by atoms with Crippen LogP contribution < -0.4 is 10.5 Å². The molecule has 30 heavy (non-hydrogen) atoms. The van der Waals surface area contributed by atoms with Crippen molar-refractivity contribution in [3.05, 3.63) is 57.3 Å². The molecule has 2 aromatic rings. The first-order valence-electron chi connectivity index (χ1n) is 10.7. The standard InChI is InChI=1S/C23H26N4O3/c1-13-5-3-4-6-20(13)26-12-15(9-21(26)28)23(30)27-16-7-8-17(27)11-19-18(10-16)22(29)25-14(2)24-19/h3-6,15-17H,7-12H2,1-2H3,(H,24,25,29)/t15-,16+,17-/m1/s1. The van der Waals surface area contributed by atoms with E-state index in [4.69, 9.17) is 0 Å². The molecule has 7 nitrogen and oxygen atoms in total. The smallest absolute Gasteiger partial charge is 0.254 e. The minimum atomic E-state index is -0.339. The Morgan fingerprint density at radius 1 is 1.07 bits per heavy atom. The molecular weight excluding hydrogens is 380 g/mol. The normalized spacial score (nSPS) is 25.4. The van der Waals surface area contributed by atoms with Gasteiger partial charge in [-0.1, -0.05) is 18.2 Å². The number of H-pyrrole nitrogens is 1. The highest BCUT2D eigenvalue weighted by Gasteiger charge is 2.45. The first kappa shape index (κ1) is 19.0. The van der Waals surface area contributed by atoms with Crippen molar-refractivity contribution >= 4 is 17.5 Å². The number of benzene rings is 1. The minimum Gasteiger partial charge on any atom is -0.336 e. The molecule has 5 rings (SSSR count). The summed E-state index contributed by atoms with van der Waals surface area (Å²) >= 11 is 0. The maximum atomic E-state index is 13.6. The minimum absolute atomic E-state index is 0.00170. The van der Waals surface area contributed by atoms with E-state index in [1.165, 1.54) is 0 Å². The fraction of sp³-hybridized carbons (Fsp3) is 0.478. The summed E-state index contributed by atoms with van der Waals surface area (Å²) in [7, 11) is 0. The number of fused-ring (bicyclic) bond motifs is 3. The Balaban J connectivity index is 1.40. The molecule has 3 aliphatic rings. The van der Waals surface area contributed by atoms with Crippen LogP contribution in [0, 0.1) is 19.8 Å². The fourth-order valence-electron chi connectivity index (χ4n) is 5.41. The Morgan fingerprint density at radius 2 is 1.80 bits per heavy atom. The molecule has 2 fully saturated rings. The number of carbonyl (C=O) groups excluding carboxylic acids is 2. The molecule has 0 aliphatic carbocycles. The van der Waals surface area contributed by atoms with Crippen molar-refractivity contribution in [3.8, 4) is 0 Å². The van der Waals surface area contributed by atoms with Gasteiger partial charge in [0.1, 0.15) is 5.82 Å². The van der Waals surface area contributed by atoms with Crippen LogP contribution in [0.1, 0.15) is 41.9 Å². The summed E-state index contributed by atoms with van der Waals surface area (Å²) in [6, 6.07) is 7.86. The Bertz CT molecular complexity index is 1090. The summed E-state index contributed by atoms with van der Waals surface area (Å²) < 4.78 is 0. The van der Waals surface area contributed by atoms with Gasteiger partial charge in [-0.25, -0.2) is 4.98 Å². The van der Waals surface area contributed by atoms with Gasteiger partial charge in [-0.2, -0.15) is 0 Å². The second-order valence-electron chi connectivity index (χ2n) is 8.81. The Morgan fingerprint density at radius 3 is 2.57 bits per heavy atom. The Kier molecular flexibility index (Phi) is 4.49. The maximum absolute atomic E-state index is 13.6. The monoisotopic (exact) mass is 406 g/mol. The van der Waals surface area contributed by atoms with E-state index in [1.54, 1.807) is 11.8 Å². The number of carbonyl (C=O) groups is 2. The zero-order valence-electron chi connectivity index (χ0n) is 17.4. The number of hydrogen-bond donors (Lipinski definition) is 1. The zero-order chi connectivity index (χ0) is 21.0. The van der Waals surface area contributed by atoms with Crippen LogP contribution in [0.3, 0.4) is 0 Å². The van der Waals surface area contributed by atoms with E-state index in [0.29, 0.717) is 25.2 Å². The topological polar surface area (TPSA) is 86.4 Å². The van der Waals surface area contributed by atoms with E-state index in [1.807, 2.05) is 36.1 Å². The van der Waals surface area contributed by atoms with Crippen molar-refractivity contribution in [2.24, 2.45) is 5.92 Å². The summed E-state index contributed by atoms with van der Waals surface area (Å²) in [5, 5.41) is 0. The Hall–Kier alpha value is -2.96. The molecule has 156 valence electrons. The Labute approximate surface area is 175 Å². The van der Waals surface area contributed by atoms with E-state index >= 15 is 0 Å². The number of aryl methyl sites for hydroxylation is 2. The van der Waals surface area contributed by atoms with Gasteiger partial charge >= 0.3 is 0 Å². The van der Waals surface area contributed by atoms with E-state index in [2.05, 4.69) is 9.97 Å². The number of amides is 2. The molecule has 0 unspecified atom stereocenters. The van der Waals surface area contributed by atoms with Crippen LogP contribution in [0.2, 0.25) is 0 Å². The molecule has 0 spiro atoms. The van der Waals surface area contributed by atoms with Gasteiger partial charge in [0.25, 0.3) is 5.56 Å². The molecular formula is C23H26N4O3. The number of hydrogen-bond acceptors (Lipinski definition) is 4. The lowest BCUT2D eigenvalue weighted by Gasteiger charge is -2.30. The largest absolute Gasteiger partial charge is 0.336 e. The van der Waals surface area contributed by atoms with Crippen LogP contribution in [0.5, 0.6) is 0 Å². The second-order valence-corrected chi connectivity index (χ2v) is 8.81. The van der Waals surface area contributed by atoms with Gasteiger partial charge in [0, 0.05) is 49.1 Å². The van der Waals surface area contributed by atoms with Crippen LogP contribution >= 0.6 is 0 Å². The lowest BCUT2D eigenvalue weighted by atomic mass is 9.98. The van der Waals surface area contributed by atoms with Crippen molar-refractivity contribution in [2.75, 3.05) is 11.4 Å². The summed E-state index contributed by atoms with van der Waals surface area (Å²) in [4.78, 5) is 49.9. The van der Waals surface area contributed by atoms with E-state index in [0.717, 1.165) is 35.3 Å². The number of para-hydroxylation sites is 1. The number of anilines is 1. The molecule has 0 radical (unpaired) electrons. The molecule has 3 atom stereocenters. The van der Waals surface area contributed by atoms with Gasteiger partial charge in [-0.05, 0) is 38.3 Å². The van der Waals surface area contributed by atoms with Gasteiger partial charge in [0.15, 0.2) is 0 Å². The molecule has 1 N–H and O–H groups in total. The summed E-state index contributed by atoms with van der Waals surface area (Å²) in [6.45, 7) is 4.19. The first-order valence-corrected chi connectivity index (χ1v) is 10.7. The quantitative estimate of drug-likeness (QED) is 0.825. The number of aromatic nitrogens is 2. The van der Waals surface area contributed by atoms with E-state index in [9.17, 15) is 14.4 Å². The third-order valence-corrected chi connectivity index (χ3v) is 6.84. The van der Waals surface area contributed by atoms with Crippen LogP contribution in [0.4, 0.5) is 5.69 Å². The average Bonchev–Trinajstić information content (AvgIpc) is 3.22. The van der Waals surface area contributed by atoms with Crippen molar-refractivity contribution in [2.45, 2.75) is 58.0 Å². The summed E-state index contributed by atoms with van der Waals surface area (Å²) in [6.07, 6.45) is 3.22. The summed E-state index contributed by atoms with van der Waals surface area (Å²) in [5.74, 6) is 0.328. The van der Waals surface area contributed by atoms with Gasteiger partial charge in [0.2, 0.25) is 11.8 Å². The van der Waals surface area contributed by atoms with Crippen molar-refractivity contribution in [3.63, 3.8) is 0 Å². The van der Waals surface area contributed by atoms with Gasteiger partial charge in [0.05, 0.1) is 11.6 Å². The lowest BCUT2D eigenvalue weighted by Crippen LogP contribution is -2.45. The fourth-order valence-corrected chi connectivity index (χ4v) is 5.41. The maximum Gasteiger partial charge on any atom is 0.254 e. The third kappa shape index (κ3) is 3.04. The molecule has 1 aromatic heterocycles. The molecule has 1 aromatic carbocycles. The number of nitrogens with zero attached hydrogens (tertiary/aromatic N) is 3.